The Morgan fingerprint density at radius 2 is 1.21 bits per heavy atom. The topological polar surface area (TPSA) is 18.5 Å². The maximum atomic E-state index is 5.87. The van der Waals surface area contributed by atoms with E-state index in [2.05, 4.69) is 0 Å². The molecule has 0 radical (unpaired) electrons. The molecule has 2 nitrogen and oxygen atoms in total. The standard InChI is InChI=1S/C10H22O2Si2/c1-3-7-13(11-5-1)9-10-14-8-4-2-6-12-14/h13-14H,1-10H2. The summed E-state index contributed by atoms with van der Waals surface area (Å²) in [5.41, 5.74) is 0. The first-order chi connectivity index (χ1) is 6.95. The van der Waals surface area contributed by atoms with Crippen molar-refractivity contribution in [1.82, 2.24) is 0 Å². The van der Waals surface area contributed by atoms with E-state index < -0.39 is 18.1 Å². The minimum atomic E-state index is -0.742. The van der Waals surface area contributed by atoms with Gasteiger partial charge in [0.15, 0.2) is 18.1 Å². The SMILES string of the molecule is C1CC[SiH](CC[SiH]2CCCCO2)OC1. The molecular formula is C10H22O2Si2. The summed E-state index contributed by atoms with van der Waals surface area (Å²) >= 11 is 0. The van der Waals surface area contributed by atoms with E-state index in [0.29, 0.717) is 0 Å². The van der Waals surface area contributed by atoms with Crippen LogP contribution in [0.4, 0.5) is 0 Å². The lowest BCUT2D eigenvalue weighted by Crippen LogP contribution is -2.28. The third-order valence-corrected chi connectivity index (χ3v) is 9.50. The van der Waals surface area contributed by atoms with Crippen molar-refractivity contribution in [3.8, 4) is 0 Å². The fourth-order valence-corrected chi connectivity index (χ4v) is 9.15. The average Bonchev–Trinajstić information content (AvgIpc) is 2.29. The van der Waals surface area contributed by atoms with Gasteiger partial charge in [-0.2, -0.15) is 0 Å². The number of rotatable bonds is 3. The highest BCUT2D eigenvalue weighted by atomic mass is 28.3. The van der Waals surface area contributed by atoms with E-state index in [1.165, 1.54) is 49.9 Å². The normalized spacial score (nSPS) is 34.3. The molecule has 0 aromatic rings. The Labute approximate surface area is 90.4 Å². The molecule has 0 saturated carbocycles. The van der Waals surface area contributed by atoms with Gasteiger partial charge in [-0.1, -0.05) is 12.8 Å². The van der Waals surface area contributed by atoms with Crippen LogP contribution >= 0.6 is 0 Å². The third-order valence-electron chi connectivity index (χ3n) is 3.36. The summed E-state index contributed by atoms with van der Waals surface area (Å²) in [4.78, 5) is 0. The summed E-state index contributed by atoms with van der Waals surface area (Å²) in [5.74, 6) is 0. The highest BCUT2D eigenvalue weighted by molar-refractivity contribution is 6.58. The molecule has 0 aromatic carbocycles. The molecule has 2 aliphatic heterocycles. The molecule has 82 valence electrons. The average molecular weight is 230 g/mol. The Kier molecular flexibility index (Phi) is 4.69. The van der Waals surface area contributed by atoms with E-state index in [0.717, 1.165) is 13.2 Å². The molecule has 2 unspecified atom stereocenters. The molecule has 2 heterocycles. The first-order valence-electron chi connectivity index (χ1n) is 6.18. The third kappa shape index (κ3) is 3.49. The number of hydrogen-bond acceptors (Lipinski definition) is 2. The van der Waals surface area contributed by atoms with Gasteiger partial charge in [-0.25, -0.2) is 0 Å². The summed E-state index contributed by atoms with van der Waals surface area (Å²) in [5, 5.41) is 0. The van der Waals surface area contributed by atoms with Crippen LogP contribution in [-0.4, -0.2) is 31.3 Å². The van der Waals surface area contributed by atoms with Gasteiger partial charge in [-0.3, -0.25) is 0 Å². The molecule has 2 saturated heterocycles. The predicted molar refractivity (Wildman–Crippen MR) is 63.9 cm³/mol. The van der Waals surface area contributed by atoms with Gasteiger partial charge in [0.1, 0.15) is 0 Å². The van der Waals surface area contributed by atoms with Crippen LogP contribution in [0.1, 0.15) is 25.7 Å². The second-order valence-electron chi connectivity index (χ2n) is 4.55. The molecule has 4 heteroatoms. The zero-order valence-corrected chi connectivity index (χ0v) is 11.4. The van der Waals surface area contributed by atoms with Gasteiger partial charge in [0.2, 0.25) is 0 Å². The van der Waals surface area contributed by atoms with Gasteiger partial charge in [0, 0.05) is 13.2 Å². The van der Waals surface area contributed by atoms with Gasteiger partial charge in [0.25, 0.3) is 0 Å². The fourth-order valence-electron chi connectivity index (χ4n) is 2.44. The van der Waals surface area contributed by atoms with E-state index in [4.69, 9.17) is 8.85 Å². The Morgan fingerprint density at radius 3 is 1.57 bits per heavy atom. The zero-order chi connectivity index (χ0) is 9.64. The van der Waals surface area contributed by atoms with Crippen LogP contribution in [0.5, 0.6) is 0 Å². The Hall–Kier alpha value is 0.354. The molecule has 0 aliphatic carbocycles. The highest BCUT2D eigenvalue weighted by Gasteiger charge is 2.21. The van der Waals surface area contributed by atoms with Gasteiger partial charge >= 0.3 is 0 Å². The van der Waals surface area contributed by atoms with Crippen molar-refractivity contribution >= 4 is 18.1 Å². The zero-order valence-electron chi connectivity index (χ0n) is 9.04. The molecule has 2 aliphatic rings. The minimum Gasteiger partial charge on any atom is -0.420 e. The summed E-state index contributed by atoms with van der Waals surface area (Å²) < 4.78 is 11.7. The van der Waals surface area contributed by atoms with Crippen LogP contribution in [0.2, 0.25) is 24.2 Å². The van der Waals surface area contributed by atoms with Crippen molar-refractivity contribution in [3.05, 3.63) is 0 Å². The molecule has 14 heavy (non-hydrogen) atoms. The predicted octanol–water partition coefficient (Wildman–Crippen LogP) is 2.05. The molecule has 0 spiro atoms. The lowest BCUT2D eigenvalue weighted by Gasteiger charge is -2.25. The molecular weight excluding hydrogens is 208 g/mol. The van der Waals surface area contributed by atoms with E-state index in [1.54, 1.807) is 0 Å². The quantitative estimate of drug-likeness (QED) is 0.691. The van der Waals surface area contributed by atoms with Crippen molar-refractivity contribution < 1.29 is 8.85 Å². The van der Waals surface area contributed by atoms with Crippen LogP contribution in [0.25, 0.3) is 0 Å². The molecule has 0 bridgehead atoms. The second kappa shape index (κ2) is 6.05. The lowest BCUT2D eigenvalue weighted by atomic mass is 10.4. The highest BCUT2D eigenvalue weighted by Crippen LogP contribution is 2.20. The monoisotopic (exact) mass is 230 g/mol. The molecule has 0 amide bonds. The van der Waals surface area contributed by atoms with Crippen molar-refractivity contribution in [2.24, 2.45) is 0 Å². The maximum Gasteiger partial charge on any atom is 0.176 e. The Bertz CT molecular complexity index is 136. The van der Waals surface area contributed by atoms with E-state index in [9.17, 15) is 0 Å². The van der Waals surface area contributed by atoms with Crippen molar-refractivity contribution in [1.29, 1.82) is 0 Å². The smallest absolute Gasteiger partial charge is 0.176 e. The summed E-state index contributed by atoms with van der Waals surface area (Å²) in [7, 11) is -1.48. The van der Waals surface area contributed by atoms with E-state index in [-0.39, 0.29) is 0 Å². The second-order valence-corrected chi connectivity index (χ2v) is 10.0. The van der Waals surface area contributed by atoms with Crippen LogP contribution in [0.15, 0.2) is 0 Å². The largest absolute Gasteiger partial charge is 0.420 e. The van der Waals surface area contributed by atoms with Crippen LogP contribution in [0.3, 0.4) is 0 Å². The summed E-state index contributed by atoms with van der Waals surface area (Å²) in [6.07, 6.45) is 5.48. The van der Waals surface area contributed by atoms with Gasteiger partial charge < -0.3 is 8.85 Å². The van der Waals surface area contributed by atoms with Crippen molar-refractivity contribution in [3.63, 3.8) is 0 Å². The van der Waals surface area contributed by atoms with Gasteiger partial charge in [-0.15, -0.1) is 0 Å². The molecule has 2 atom stereocenters. The van der Waals surface area contributed by atoms with E-state index >= 15 is 0 Å². The van der Waals surface area contributed by atoms with Gasteiger partial charge in [0.05, 0.1) is 0 Å². The molecule has 0 N–H and O–H groups in total. The van der Waals surface area contributed by atoms with E-state index in [1.807, 2.05) is 0 Å². The lowest BCUT2D eigenvalue weighted by molar-refractivity contribution is 0.279. The first-order valence-corrected chi connectivity index (χ1v) is 10.4. The molecule has 2 rings (SSSR count). The van der Waals surface area contributed by atoms with Crippen LogP contribution in [0, 0.1) is 0 Å². The fraction of sp³-hybridized carbons (Fsp3) is 1.00. The number of hydrogen-bond donors (Lipinski definition) is 0. The first kappa shape index (κ1) is 10.9. The van der Waals surface area contributed by atoms with Gasteiger partial charge in [-0.05, 0) is 37.0 Å². The molecule has 2 fully saturated rings. The Balaban J connectivity index is 1.60. The maximum absolute atomic E-state index is 5.87. The van der Waals surface area contributed by atoms with Crippen molar-refractivity contribution in [2.75, 3.05) is 13.2 Å². The Morgan fingerprint density at radius 1 is 0.714 bits per heavy atom. The van der Waals surface area contributed by atoms with Crippen LogP contribution in [-0.2, 0) is 8.85 Å². The summed E-state index contributed by atoms with van der Waals surface area (Å²) in [6.45, 7) is 2.12. The minimum absolute atomic E-state index is 0.742. The van der Waals surface area contributed by atoms with Crippen LogP contribution < -0.4 is 0 Å². The van der Waals surface area contributed by atoms with Crippen molar-refractivity contribution in [2.45, 2.75) is 49.9 Å². The molecule has 0 aromatic heterocycles. The summed E-state index contributed by atoms with van der Waals surface area (Å²) in [6, 6.07) is 5.69.